The number of aryl methyl sites for hydroxylation is 1. The summed E-state index contributed by atoms with van der Waals surface area (Å²) >= 11 is 0. The molecule has 65 heavy (non-hydrogen) atoms. The lowest BCUT2D eigenvalue weighted by molar-refractivity contribution is -0.199. The molecule has 6 rings (SSSR count). The van der Waals surface area contributed by atoms with Crippen LogP contribution < -0.4 is 37.5 Å². The van der Waals surface area contributed by atoms with Crippen molar-refractivity contribution in [3.63, 3.8) is 0 Å². The van der Waals surface area contributed by atoms with Crippen LogP contribution in [0.25, 0.3) is 11.1 Å². The highest BCUT2D eigenvalue weighted by molar-refractivity contribution is 7.89. The lowest BCUT2D eigenvalue weighted by Gasteiger charge is -2.64. The van der Waals surface area contributed by atoms with Crippen LogP contribution in [0.1, 0.15) is 119 Å². The van der Waals surface area contributed by atoms with Crippen LogP contribution in [0.3, 0.4) is 0 Å². The summed E-state index contributed by atoms with van der Waals surface area (Å²) in [6, 6.07) is 10.7. The van der Waals surface area contributed by atoms with Crippen molar-refractivity contribution in [2.75, 3.05) is 19.6 Å². The average Bonchev–Trinajstić information content (AvgIpc) is 3.64. The van der Waals surface area contributed by atoms with E-state index in [1.54, 1.807) is 12.1 Å². The van der Waals surface area contributed by atoms with Gasteiger partial charge in [-0.15, -0.1) is 0 Å². The molecule has 18 heteroatoms. The van der Waals surface area contributed by atoms with Crippen LogP contribution in [0, 0.1) is 17.3 Å². The second-order valence-corrected chi connectivity index (χ2v) is 20.6. The quantitative estimate of drug-likeness (QED) is 0.0592. The minimum atomic E-state index is -4.11. The first-order valence-corrected chi connectivity index (χ1v) is 25.0. The Morgan fingerprint density at radius 2 is 1.42 bits per heavy atom. The summed E-state index contributed by atoms with van der Waals surface area (Å²) in [6.45, 7) is 15.9. The Balaban J connectivity index is 0.00000175. The summed E-state index contributed by atoms with van der Waals surface area (Å²) in [5, 5.41) is 20.9. The molecule has 0 radical (unpaired) electrons. The van der Waals surface area contributed by atoms with Crippen molar-refractivity contribution in [2.24, 2.45) is 28.7 Å². The predicted octanol–water partition coefficient (Wildman–Crippen LogP) is 3.48. The molecular formula is C47H76BN7O9S. The van der Waals surface area contributed by atoms with Crippen LogP contribution in [0.2, 0.25) is 0 Å². The van der Waals surface area contributed by atoms with Crippen LogP contribution in [-0.2, 0) is 44.9 Å². The van der Waals surface area contributed by atoms with Crippen molar-refractivity contribution in [1.82, 2.24) is 26.0 Å². The third-order valence-electron chi connectivity index (χ3n) is 13.4. The smallest absolute Gasteiger partial charge is 0.404 e. The van der Waals surface area contributed by atoms with Crippen molar-refractivity contribution < 1.29 is 42.0 Å². The molecule has 3 saturated carbocycles. The summed E-state index contributed by atoms with van der Waals surface area (Å²) in [5.41, 5.74) is 13.6. The van der Waals surface area contributed by atoms with Crippen molar-refractivity contribution in [2.45, 2.75) is 166 Å². The first-order chi connectivity index (χ1) is 30.7. The van der Waals surface area contributed by atoms with Gasteiger partial charge in [-0.05, 0) is 138 Å². The van der Waals surface area contributed by atoms with E-state index < -0.39 is 83.1 Å². The van der Waals surface area contributed by atoms with Gasteiger partial charge in [0.25, 0.3) is 0 Å². The number of nitrogens with one attached hydrogen (secondary N) is 5. The Bertz CT molecular complexity index is 1990. The number of hydrogen-bond acceptors (Lipinski definition) is 11. The number of carbonyl (C=O) groups is 4. The van der Waals surface area contributed by atoms with Gasteiger partial charge in [-0.1, -0.05) is 76.9 Å². The van der Waals surface area contributed by atoms with Crippen LogP contribution in [-0.4, -0.2) is 106 Å². The lowest BCUT2D eigenvalue weighted by Crippen LogP contribution is -2.65. The molecule has 4 fully saturated rings. The van der Waals surface area contributed by atoms with Crippen molar-refractivity contribution >= 4 is 40.8 Å². The maximum absolute atomic E-state index is 13.6. The first kappa shape index (κ1) is 53.7. The van der Waals surface area contributed by atoms with E-state index in [-0.39, 0.29) is 22.8 Å². The normalized spacial score (nSPS) is 22.9. The number of rotatable bonds is 23. The third-order valence-corrected chi connectivity index (χ3v) is 14.8. The maximum Gasteiger partial charge on any atom is 0.481 e. The minimum Gasteiger partial charge on any atom is -0.404 e. The molecule has 6 unspecified atom stereocenters. The standard InChI is InChI=1S/C43H65BN6O9S.C4H11N/c1-8-9-12-29-14-16-30(17-15-29)31-18-20-33(21-19-31)60(56,57)46-25-37(52)50-38(27(3)51)41(55)47-26(2)39(53)49-34(13-10-11-22-45)40(54)48-28(4)44-58-36-24-32-23-35(42(32,5)6)43(36,7)59-44;1-2-3-4-5/h14-21,26-28,32,34-36,38,46,51H,8-13,22-25,45H2,1-7H3,(H,47,55)(H,48,54)(H,49,53)(H,50,52);2-5H2,1H3/t26-,27?,28-,32?,34?,35?,36?,38?,43-;/m0./s1. The number of hydrogen-bond donors (Lipinski definition) is 8. The molecule has 2 bridgehead atoms. The summed E-state index contributed by atoms with van der Waals surface area (Å²) in [4.78, 5) is 53.1. The molecule has 4 aliphatic rings. The van der Waals surface area contributed by atoms with Gasteiger partial charge >= 0.3 is 7.12 Å². The molecule has 1 heterocycles. The Hall–Kier alpha value is -3.91. The molecule has 9 atom stereocenters. The summed E-state index contributed by atoms with van der Waals surface area (Å²) in [6.07, 6.45) is 7.59. The molecule has 4 amide bonds. The Morgan fingerprint density at radius 1 is 0.800 bits per heavy atom. The monoisotopic (exact) mass is 926 g/mol. The molecule has 1 saturated heterocycles. The molecule has 0 aromatic heterocycles. The van der Waals surface area contributed by atoms with Crippen LogP contribution in [0.4, 0.5) is 0 Å². The summed E-state index contributed by atoms with van der Waals surface area (Å²) in [7, 11) is -4.77. The van der Waals surface area contributed by atoms with Crippen LogP contribution in [0.5, 0.6) is 0 Å². The highest BCUT2D eigenvalue weighted by Crippen LogP contribution is 2.65. The van der Waals surface area contributed by atoms with E-state index in [1.165, 1.54) is 44.4 Å². The number of amides is 4. The molecule has 1 aliphatic heterocycles. The lowest BCUT2D eigenvalue weighted by atomic mass is 9.43. The van der Waals surface area contributed by atoms with Crippen molar-refractivity contribution in [3.05, 3.63) is 54.1 Å². The number of nitrogens with two attached hydrogens (primary N) is 2. The highest BCUT2D eigenvalue weighted by atomic mass is 32.2. The molecular weight excluding hydrogens is 849 g/mol. The zero-order valence-corrected chi connectivity index (χ0v) is 40.6. The molecule has 362 valence electrons. The van der Waals surface area contributed by atoms with Gasteiger partial charge < -0.3 is 47.1 Å². The van der Waals surface area contributed by atoms with E-state index in [4.69, 9.17) is 20.8 Å². The van der Waals surface area contributed by atoms with Crippen molar-refractivity contribution in [1.29, 1.82) is 0 Å². The largest absolute Gasteiger partial charge is 0.481 e. The number of benzene rings is 2. The molecule has 2 aromatic carbocycles. The molecule has 0 spiro atoms. The first-order valence-electron chi connectivity index (χ1n) is 23.5. The van der Waals surface area contributed by atoms with E-state index in [0.29, 0.717) is 31.2 Å². The van der Waals surface area contributed by atoms with Crippen molar-refractivity contribution in [3.8, 4) is 11.1 Å². The van der Waals surface area contributed by atoms with E-state index in [2.05, 4.69) is 72.7 Å². The second kappa shape index (κ2) is 24.2. The molecule has 16 nitrogen and oxygen atoms in total. The Kier molecular flexibility index (Phi) is 20.0. The topological polar surface area (TPSA) is 253 Å². The third kappa shape index (κ3) is 14.1. The van der Waals surface area contributed by atoms with E-state index in [0.717, 1.165) is 49.8 Å². The highest BCUT2D eigenvalue weighted by Gasteiger charge is 2.68. The minimum absolute atomic E-state index is 0.0552. The SMILES string of the molecule is CCCCN.CCCCc1ccc(-c2ccc(S(=O)(=O)NCC(=O)NC(C(=O)N[C@@H](C)C(=O)NC(CCCCN)C(=O)N[C@@H](C)B3OC4CC5CC(C5(C)C)[C@]4(C)O3)C(C)O)cc2)cc1. The molecule has 10 N–H and O–H groups in total. The Labute approximate surface area is 387 Å². The van der Waals surface area contributed by atoms with Gasteiger partial charge in [0, 0.05) is 0 Å². The number of aliphatic hydroxyl groups is 1. The van der Waals surface area contributed by atoms with E-state index in [9.17, 15) is 32.7 Å². The van der Waals surface area contributed by atoms with Gasteiger partial charge in [0.05, 0.1) is 35.2 Å². The van der Waals surface area contributed by atoms with Gasteiger partial charge in [-0.25, -0.2) is 13.1 Å². The number of unbranched alkanes of at least 4 members (excludes halogenated alkanes) is 3. The fourth-order valence-electron chi connectivity index (χ4n) is 9.08. The average molecular weight is 926 g/mol. The molecule has 2 aromatic rings. The Morgan fingerprint density at radius 3 is 1.97 bits per heavy atom. The number of sulfonamides is 1. The van der Waals surface area contributed by atoms with Gasteiger partial charge in [-0.3, -0.25) is 19.2 Å². The maximum atomic E-state index is 13.6. The number of aliphatic hydroxyl groups excluding tert-OH is 1. The van der Waals surface area contributed by atoms with Gasteiger partial charge in [0.1, 0.15) is 18.1 Å². The fraction of sp³-hybridized carbons (Fsp3) is 0.660. The van der Waals surface area contributed by atoms with Gasteiger partial charge in [0.2, 0.25) is 33.7 Å². The van der Waals surface area contributed by atoms with Gasteiger partial charge in [0.15, 0.2) is 0 Å². The number of carbonyl (C=O) groups excluding carboxylic acids is 4. The summed E-state index contributed by atoms with van der Waals surface area (Å²) < 4.78 is 41.2. The zero-order chi connectivity index (χ0) is 48.1. The van der Waals surface area contributed by atoms with E-state index in [1.807, 2.05) is 19.1 Å². The van der Waals surface area contributed by atoms with Crippen LogP contribution >= 0.6 is 0 Å². The second-order valence-electron chi connectivity index (χ2n) is 18.8. The zero-order valence-electron chi connectivity index (χ0n) is 39.8. The fourth-order valence-corrected chi connectivity index (χ4v) is 10.1. The molecule has 3 aliphatic carbocycles. The van der Waals surface area contributed by atoms with Crippen LogP contribution in [0.15, 0.2) is 53.4 Å². The van der Waals surface area contributed by atoms with Gasteiger partial charge in [-0.2, -0.15) is 0 Å². The van der Waals surface area contributed by atoms with E-state index >= 15 is 0 Å². The summed E-state index contributed by atoms with van der Waals surface area (Å²) in [5.74, 6) is -2.47. The predicted molar refractivity (Wildman–Crippen MR) is 253 cm³/mol.